The van der Waals surface area contributed by atoms with E-state index in [4.69, 9.17) is 4.74 Å². The number of hydrogen-bond donors (Lipinski definition) is 1. The normalized spacial score (nSPS) is 19.8. The van der Waals surface area contributed by atoms with Crippen LogP contribution < -0.4 is 10.1 Å². The van der Waals surface area contributed by atoms with Crippen molar-refractivity contribution < 1.29 is 14.3 Å². The summed E-state index contributed by atoms with van der Waals surface area (Å²) in [5, 5.41) is 3.47. The zero-order valence-electron chi connectivity index (χ0n) is 17.4. The molecular formula is C25H31NO3. The fourth-order valence-corrected chi connectivity index (χ4v) is 4.79. The molecule has 0 spiro atoms. The van der Waals surface area contributed by atoms with Gasteiger partial charge in [-0.15, -0.1) is 0 Å². The summed E-state index contributed by atoms with van der Waals surface area (Å²) in [6.07, 6.45) is 9.44. The summed E-state index contributed by atoms with van der Waals surface area (Å²) in [4.78, 5) is 25.7. The highest BCUT2D eigenvalue weighted by atomic mass is 16.5. The van der Waals surface area contributed by atoms with E-state index in [1.54, 1.807) is 0 Å². The second-order valence-corrected chi connectivity index (χ2v) is 8.37. The second-order valence-electron chi connectivity index (χ2n) is 8.37. The number of ether oxygens (including phenoxy) is 1. The summed E-state index contributed by atoms with van der Waals surface area (Å²) in [6, 6.07) is 8.04. The Morgan fingerprint density at radius 2 is 1.48 bits per heavy atom. The van der Waals surface area contributed by atoms with Gasteiger partial charge >= 0.3 is 0 Å². The van der Waals surface area contributed by atoms with Gasteiger partial charge in [0.15, 0.2) is 11.6 Å². The van der Waals surface area contributed by atoms with E-state index in [2.05, 4.69) is 12.2 Å². The quantitative estimate of drug-likeness (QED) is 0.635. The minimum Gasteiger partial charge on any atom is -0.494 e. The summed E-state index contributed by atoms with van der Waals surface area (Å²) in [7, 11) is 0. The highest BCUT2D eigenvalue weighted by Gasteiger charge is 2.40. The van der Waals surface area contributed by atoms with Crippen LogP contribution >= 0.6 is 0 Å². The lowest BCUT2D eigenvalue weighted by molar-refractivity contribution is -0.116. The molecule has 0 saturated carbocycles. The molecule has 0 radical (unpaired) electrons. The Balaban J connectivity index is 1.59. The minimum absolute atomic E-state index is 0.185. The van der Waals surface area contributed by atoms with Gasteiger partial charge in [-0.05, 0) is 49.8 Å². The van der Waals surface area contributed by atoms with Crippen molar-refractivity contribution in [1.29, 1.82) is 0 Å². The van der Waals surface area contributed by atoms with Crippen LogP contribution in [-0.4, -0.2) is 18.2 Å². The summed E-state index contributed by atoms with van der Waals surface area (Å²) >= 11 is 0. The molecule has 1 aromatic rings. The molecule has 0 aromatic heterocycles. The van der Waals surface area contributed by atoms with Crippen LogP contribution in [0.3, 0.4) is 0 Å². The summed E-state index contributed by atoms with van der Waals surface area (Å²) in [5.41, 5.74) is 4.74. The molecule has 0 amide bonds. The lowest BCUT2D eigenvalue weighted by Crippen LogP contribution is -2.36. The molecule has 0 atom stereocenters. The molecule has 1 N–H and O–H groups in total. The van der Waals surface area contributed by atoms with Gasteiger partial charge in [0.1, 0.15) is 5.75 Å². The van der Waals surface area contributed by atoms with Gasteiger partial charge < -0.3 is 10.1 Å². The van der Waals surface area contributed by atoms with Gasteiger partial charge in [0.2, 0.25) is 0 Å². The van der Waals surface area contributed by atoms with E-state index in [1.807, 2.05) is 24.3 Å². The van der Waals surface area contributed by atoms with Gasteiger partial charge in [-0.1, -0.05) is 38.3 Å². The van der Waals surface area contributed by atoms with Crippen molar-refractivity contribution in [2.24, 2.45) is 0 Å². The van der Waals surface area contributed by atoms with E-state index in [9.17, 15) is 9.59 Å². The SMILES string of the molecule is CCCCCCOc1ccc(C2C3=C(CCCC3=O)NC3=C2C(=O)CCC3)cc1. The molecule has 4 nitrogen and oxygen atoms in total. The number of Topliss-reactive ketones (excluding diaryl/α,β-unsaturated/α-hetero) is 2. The smallest absolute Gasteiger partial charge is 0.161 e. The minimum atomic E-state index is -0.222. The second kappa shape index (κ2) is 8.98. The monoisotopic (exact) mass is 393 g/mol. The Morgan fingerprint density at radius 1 is 0.862 bits per heavy atom. The van der Waals surface area contributed by atoms with Crippen LogP contribution in [0, 0.1) is 0 Å². The molecule has 0 bridgehead atoms. The number of unbranched alkanes of at least 4 members (excludes halogenated alkanes) is 3. The maximum absolute atomic E-state index is 12.8. The number of ketones is 2. The van der Waals surface area contributed by atoms with Gasteiger partial charge in [-0.2, -0.15) is 0 Å². The predicted molar refractivity (Wildman–Crippen MR) is 114 cm³/mol. The molecular weight excluding hydrogens is 362 g/mol. The molecule has 0 fully saturated rings. The van der Waals surface area contributed by atoms with E-state index in [0.29, 0.717) is 12.8 Å². The highest BCUT2D eigenvalue weighted by Crippen LogP contribution is 2.45. The number of carbonyl (C=O) groups is 2. The van der Waals surface area contributed by atoms with Crippen LogP contribution in [0.2, 0.25) is 0 Å². The molecule has 3 aliphatic rings. The van der Waals surface area contributed by atoms with Crippen molar-refractivity contribution in [2.45, 2.75) is 77.0 Å². The standard InChI is InChI=1S/C25H31NO3/c1-2-3-4-5-16-29-18-14-12-17(13-15-18)23-24-19(8-6-10-21(24)27)26-20-9-7-11-22(28)25(20)23/h12-15,23,26H,2-11,16H2,1H3. The third-order valence-electron chi connectivity index (χ3n) is 6.27. The zero-order chi connectivity index (χ0) is 20.2. The molecule has 0 saturated heterocycles. The van der Waals surface area contributed by atoms with Crippen LogP contribution in [0.5, 0.6) is 5.75 Å². The van der Waals surface area contributed by atoms with E-state index in [0.717, 1.165) is 72.6 Å². The van der Waals surface area contributed by atoms with Crippen LogP contribution in [0.15, 0.2) is 46.8 Å². The molecule has 4 rings (SSSR count). The number of hydrogen-bond acceptors (Lipinski definition) is 4. The lowest BCUT2D eigenvalue weighted by atomic mass is 9.71. The fraction of sp³-hybridized carbons (Fsp3) is 0.520. The lowest BCUT2D eigenvalue weighted by Gasteiger charge is -2.37. The van der Waals surface area contributed by atoms with Crippen molar-refractivity contribution in [2.75, 3.05) is 6.61 Å². The van der Waals surface area contributed by atoms with Crippen molar-refractivity contribution in [1.82, 2.24) is 5.32 Å². The molecule has 4 heteroatoms. The van der Waals surface area contributed by atoms with Crippen LogP contribution in [0.25, 0.3) is 0 Å². The Hall–Kier alpha value is -2.36. The molecule has 1 heterocycles. The number of carbonyl (C=O) groups excluding carboxylic acids is 2. The van der Waals surface area contributed by atoms with Gasteiger partial charge in [0.25, 0.3) is 0 Å². The first-order valence-corrected chi connectivity index (χ1v) is 11.2. The van der Waals surface area contributed by atoms with E-state index < -0.39 is 0 Å². The number of dihydropyridines is 1. The molecule has 0 unspecified atom stereocenters. The first-order chi connectivity index (χ1) is 14.2. The Morgan fingerprint density at radius 3 is 2.07 bits per heavy atom. The van der Waals surface area contributed by atoms with Crippen LogP contribution in [0.1, 0.15) is 82.6 Å². The Labute approximate surface area is 173 Å². The Bertz CT molecular complexity index is 805. The van der Waals surface area contributed by atoms with E-state index >= 15 is 0 Å². The average Bonchev–Trinajstić information content (AvgIpc) is 2.73. The summed E-state index contributed by atoms with van der Waals surface area (Å²) < 4.78 is 5.88. The Kier molecular flexibility index (Phi) is 6.17. The third-order valence-corrected chi connectivity index (χ3v) is 6.27. The first-order valence-electron chi connectivity index (χ1n) is 11.2. The van der Waals surface area contributed by atoms with Crippen LogP contribution in [-0.2, 0) is 9.59 Å². The molecule has 1 aliphatic heterocycles. The maximum Gasteiger partial charge on any atom is 0.161 e. The summed E-state index contributed by atoms with van der Waals surface area (Å²) in [5.74, 6) is 1.00. The van der Waals surface area contributed by atoms with Gasteiger partial charge in [0.05, 0.1) is 6.61 Å². The third kappa shape index (κ3) is 4.17. The van der Waals surface area contributed by atoms with Crippen LogP contribution in [0.4, 0.5) is 0 Å². The predicted octanol–water partition coefficient (Wildman–Crippen LogP) is 5.35. The largest absolute Gasteiger partial charge is 0.494 e. The first kappa shape index (κ1) is 19.9. The summed E-state index contributed by atoms with van der Waals surface area (Å²) in [6.45, 7) is 2.93. The molecule has 154 valence electrons. The van der Waals surface area contributed by atoms with Gasteiger partial charge in [0, 0.05) is 41.3 Å². The topological polar surface area (TPSA) is 55.4 Å². The zero-order valence-corrected chi connectivity index (χ0v) is 17.4. The van der Waals surface area contributed by atoms with Crippen molar-refractivity contribution in [3.8, 4) is 5.75 Å². The van der Waals surface area contributed by atoms with Crippen molar-refractivity contribution in [3.05, 3.63) is 52.4 Å². The average molecular weight is 394 g/mol. The number of rotatable bonds is 7. The number of benzene rings is 1. The van der Waals surface area contributed by atoms with Crippen molar-refractivity contribution in [3.63, 3.8) is 0 Å². The van der Waals surface area contributed by atoms with E-state index in [1.165, 1.54) is 19.3 Å². The maximum atomic E-state index is 12.8. The number of allylic oxidation sites excluding steroid dienone is 4. The molecule has 29 heavy (non-hydrogen) atoms. The molecule has 1 aromatic carbocycles. The van der Waals surface area contributed by atoms with Crippen molar-refractivity contribution >= 4 is 11.6 Å². The number of nitrogens with one attached hydrogen (secondary N) is 1. The van der Waals surface area contributed by atoms with Gasteiger partial charge in [-0.3, -0.25) is 9.59 Å². The highest BCUT2D eigenvalue weighted by molar-refractivity contribution is 6.06. The fourth-order valence-electron chi connectivity index (χ4n) is 4.79. The van der Waals surface area contributed by atoms with E-state index in [-0.39, 0.29) is 17.5 Å². The molecule has 2 aliphatic carbocycles. The van der Waals surface area contributed by atoms with Gasteiger partial charge in [-0.25, -0.2) is 0 Å².